The molecule has 0 aliphatic heterocycles. The summed E-state index contributed by atoms with van der Waals surface area (Å²) in [5, 5.41) is 0. The second kappa shape index (κ2) is 5.38. The average molecular weight is 200 g/mol. The van der Waals surface area contributed by atoms with Gasteiger partial charge in [0.2, 0.25) is 8.45 Å². The Hall–Kier alpha value is -0.370. The Labute approximate surface area is 81.2 Å². The number of nitrogens with zero attached hydrogens (tertiary/aromatic N) is 2. The summed E-state index contributed by atoms with van der Waals surface area (Å²) in [5.41, 5.74) is 0. The Morgan fingerprint density at radius 3 is 2.15 bits per heavy atom. The minimum Gasteiger partial charge on any atom is -0.330 e. The minimum absolute atomic E-state index is 0.630. The molecule has 0 saturated heterocycles. The molecular weight excluding hydrogens is 183 g/mol. The molecule has 0 radical (unpaired) electrons. The standard InChI is InChI=1S/C9H17N2OP/c1-4-10(5-2)13(12-3)11-8-6-7-9-11/h6-9H,4-5H2,1-3H3. The van der Waals surface area contributed by atoms with Crippen LogP contribution < -0.4 is 0 Å². The zero-order chi connectivity index (χ0) is 9.68. The zero-order valence-electron chi connectivity index (χ0n) is 8.47. The maximum Gasteiger partial charge on any atom is 0.221 e. The Morgan fingerprint density at radius 2 is 1.77 bits per heavy atom. The van der Waals surface area contributed by atoms with Gasteiger partial charge in [-0.15, -0.1) is 0 Å². The largest absolute Gasteiger partial charge is 0.330 e. The van der Waals surface area contributed by atoms with Gasteiger partial charge in [-0.1, -0.05) is 13.8 Å². The van der Waals surface area contributed by atoms with Crippen molar-refractivity contribution in [3.8, 4) is 0 Å². The highest BCUT2D eigenvalue weighted by Gasteiger charge is 2.16. The summed E-state index contributed by atoms with van der Waals surface area (Å²) in [4.78, 5) is 0. The van der Waals surface area contributed by atoms with Crippen LogP contribution in [-0.2, 0) is 4.52 Å². The van der Waals surface area contributed by atoms with Crippen LogP contribution >= 0.6 is 8.45 Å². The summed E-state index contributed by atoms with van der Waals surface area (Å²) in [5.74, 6) is 0. The molecule has 13 heavy (non-hydrogen) atoms. The van der Waals surface area contributed by atoms with Crippen LogP contribution in [0, 0.1) is 0 Å². The van der Waals surface area contributed by atoms with Crippen molar-refractivity contribution in [2.75, 3.05) is 20.2 Å². The highest BCUT2D eigenvalue weighted by atomic mass is 31.2. The molecule has 1 rings (SSSR count). The number of rotatable bonds is 5. The van der Waals surface area contributed by atoms with Gasteiger partial charge in [0.05, 0.1) is 0 Å². The summed E-state index contributed by atoms with van der Waals surface area (Å²) in [6, 6.07) is 4.05. The van der Waals surface area contributed by atoms with Crippen molar-refractivity contribution in [1.82, 2.24) is 9.01 Å². The fraction of sp³-hybridized carbons (Fsp3) is 0.556. The Bertz CT molecular complexity index is 222. The van der Waals surface area contributed by atoms with E-state index in [0.29, 0.717) is 0 Å². The van der Waals surface area contributed by atoms with Crippen LogP contribution in [0.2, 0.25) is 0 Å². The predicted octanol–water partition coefficient (Wildman–Crippen LogP) is 2.55. The molecule has 0 spiro atoms. The molecule has 0 aliphatic rings. The SMILES string of the molecule is CCN(CC)P(OC)n1cccc1. The van der Waals surface area contributed by atoms with Crippen molar-refractivity contribution >= 4 is 8.45 Å². The molecule has 3 nitrogen and oxygen atoms in total. The van der Waals surface area contributed by atoms with E-state index < -0.39 is 8.45 Å². The van der Waals surface area contributed by atoms with Gasteiger partial charge in [0.15, 0.2) is 0 Å². The highest BCUT2D eigenvalue weighted by Crippen LogP contribution is 2.41. The van der Waals surface area contributed by atoms with Gasteiger partial charge in [0.1, 0.15) is 0 Å². The zero-order valence-corrected chi connectivity index (χ0v) is 9.37. The fourth-order valence-electron chi connectivity index (χ4n) is 1.26. The summed E-state index contributed by atoms with van der Waals surface area (Å²) in [6.07, 6.45) is 4.10. The maximum atomic E-state index is 5.49. The molecular formula is C9H17N2OP. The van der Waals surface area contributed by atoms with Gasteiger partial charge in [-0.05, 0) is 12.1 Å². The van der Waals surface area contributed by atoms with E-state index in [1.165, 1.54) is 0 Å². The third kappa shape index (κ3) is 2.53. The Balaban J connectivity index is 2.72. The molecule has 0 aromatic carbocycles. The monoisotopic (exact) mass is 200 g/mol. The molecule has 0 N–H and O–H groups in total. The summed E-state index contributed by atoms with van der Waals surface area (Å²) < 4.78 is 9.93. The van der Waals surface area contributed by atoms with Crippen molar-refractivity contribution in [3.05, 3.63) is 24.5 Å². The smallest absolute Gasteiger partial charge is 0.221 e. The van der Waals surface area contributed by atoms with Crippen molar-refractivity contribution < 1.29 is 4.52 Å². The van der Waals surface area contributed by atoms with Crippen LogP contribution in [0.3, 0.4) is 0 Å². The molecule has 1 heterocycles. The van der Waals surface area contributed by atoms with Gasteiger partial charge >= 0.3 is 0 Å². The maximum absolute atomic E-state index is 5.49. The van der Waals surface area contributed by atoms with E-state index in [-0.39, 0.29) is 0 Å². The first-order valence-electron chi connectivity index (χ1n) is 4.55. The van der Waals surface area contributed by atoms with E-state index in [1.54, 1.807) is 7.11 Å². The van der Waals surface area contributed by atoms with Crippen molar-refractivity contribution in [2.45, 2.75) is 13.8 Å². The van der Waals surface area contributed by atoms with E-state index in [4.69, 9.17) is 4.52 Å². The van der Waals surface area contributed by atoms with Gasteiger partial charge in [0.25, 0.3) is 0 Å². The Morgan fingerprint density at radius 1 is 1.23 bits per heavy atom. The summed E-state index contributed by atoms with van der Waals surface area (Å²) in [6.45, 7) is 6.35. The van der Waals surface area contributed by atoms with Gasteiger partial charge < -0.3 is 4.52 Å². The van der Waals surface area contributed by atoms with Crippen LogP contribution in [0.1, 0.15) is 13.8 Å². The second-order valence-corrected chi connectivity index (χ2v) is 4.54. The van der Waals surface area contributed by atoms with Gasteiger partial charge in [0, 0.05) is 32.6 Å². The third-order valence-corrected chi connectivity index (χ3v) is 3.96. The van der Waals surface area contributed by atoms with E-state index in [2.05, 4.69) is 22.9 Å². The van der Waals surface area contributed by atoms with Crippen LogP contribution in [0.5, 0.6) is 0 Å². The van der Waals surface area contributed by atoms with Gasteiger partial charge in [-0.3, -0.25) is 4.34 Å². The van der Waals surface area contributed by atoms with Crippen LogP contribution in [-0.4, -0.2) is 29.2 Å². The number of hydrogen-bond acceptors (Lipinski definition) is 2. The van der Waals surface area contributed by atoms with Crippen molar-refractivity contribution in [2.24, 2.45) is 0 Å². The first kappa shape index (κ1) is 10.7. The molecule has 74 valence electrons. The van der Waals surface area contributed by atoms with E-state index in [0.717, 1.165) is 13.1 Å². The van der Waals surface area contributed by atoms with E-state index >= 15 is 0 Å². The van der Waals surface area contributed by atoms with Crippen LogP contribution in [0.25, 0.3) is 0 Å². The quantitative estimate of drug-likeness (QED) is 0.679. The number of aromatic nitrogens is 1. The molecule has 1 atom stereocenters. The first-order valence-corrected chi connectivity index (χ1v) is 5.72. The lowest BCUT2D eigenvalue weighted by atomic mass is 10.7. The Kier molecular flexibility index (Phi) is 4.43. The lowest BCUT2D eigenvalue weighted by Gasteiger charge is -2.27. The van der Waals surface area contributed by atoms with Crippen LogP contribution in [0.4, 0.5) is 0 Å². The van der Waals surface area contributed by atoms with E-state index in [1.807, 2.05) is 24.5 Å². The molecule has 0 saturated carbocycles. The molecule has 4 heteroatoms. The molecule has 0 bridgehead atoms. The normalized spacial score (nSPS) is 13.5. The first-order chi connectivity index (χ1) is 6.33. The predicted molar refractivity (Wildman–Crippen MR) is 56.7 cm³/mol. The second-order valence-electron chi connectivity index (χ2n) is 2.64. The lowest BCUT2D eigenvalue weighted by Crippen LogP contribution is -2.20. The van der Waals surface area contributed by atoms with E-state index in [9.17, 15) is 0 Å². The molecule has 1 unspecified atom stereocenters. The fourth-order valence-corrected chi connectivity index (χ4v) is 2.84. The summed E-state index contributed by atoms with van der Waals surface area (Å²) >= 11 is 0. The molecule has 1 aromatic heterocycles. The molecule has 0 fully saturated rings. The van der Waals surface area contributed by atoms with Crippen molar-refractivity contribution in [3.63, 3.8) is 0 Å². The number of hydrogen-bond donors (Lipinski definition) is 0. The summed E-state index contributed by atoms with van der Waals surface area (Å²) in [7, 11) is 1.14. The lowest BCUT2D eigenvalue weighted by molar-refractivity contribution is 0.374. The highest BCUT2D eigenvalue weighted by molar-refractivity contribution is 7.48. The molecule has 0 amide bonds. The molecule has 0 aliphatic carbocycles. The topological polar surface area (TPSA) is 17.4 Å². The van der Waals surface area contributed by atoms with Crippen LogP contribution in [0.15, 0.2) is 24.5 Å². The average Bonchev–Trinajstić information content (AvgIpc) is 2.66. The third-order valence-electron chi connectivity index (χ3n) is 1.92. The molecule has 1 aromatic rings. The van der Waals surface area contributed by atoms with Gasteiger partial charge in [-0.2, -0.15) is 0 Å². The van der Waals surface area contributed by atoms with Gasteiger partial charge in [-0.25, -0.2) is 4.67 Å². The minimum atomic E-state index is -0.630. The van der Waals surface area contributed by atoms with Crippen molar-refractivity contribution in [1.29, 1.82) is 0 Å².